The highest BCUT2D eigenvalue weighted by molar-refractivity contribution is 6.02. The molecule has 1 aromatic heterocycles. The molecule has 28 heavy (non-hydrogen) atoms. The topological polar surface area (TPSA) is 116 Å². The standard InChI is InChI=1S/C21H22N2O5/c1-21(2)10-16-14(17(24)11-21)9-15(19(26)23-16)18(25)22-7-6-12-4-3-5-13(8-12)20(27)28/h3-5,8-9H,6-7,10-11H2,1-2H3,(H,22,25)(H,23,26)(H,27,28). The number of carboxylic acids is 1. The van der Waals surface area contributed by atoms with Crippen LogP contribution in [0.2, 0.25) is 0 Å². The van der Waals surface area contributed by atoms with E-state index in [2.05, 4.69) is 10.3 Å². The number of fused-ring (bicyclic) bond motifs is 1. The number of rotatable bonds is 5. The minimum atomic E-state index is -1.01. The molecule has 0 bridgehead atoms. The van der Waals surface area contributed by atoms with E-state index in [1.165, 1.54) is 12.1 Å². The van der Waals surface area contributed by atoms with Gasteiger partial charge in [-0.05, 0) is 42.0 Å². The third-order valence-corrected chi connectivity index (χ3v) is 4.84. The molecule has 1 heterocycles. The van der Waals surface area contributed by atoms with Gasteiger partial charge in [0.25, 0.3) is 11.5 Å². The van der Waals surface area contributed by atoms with E-state index >= 15 is 0 Å². The predicted molar refractivity (Wildman–Crippen MR) is 103 cm³/mol. The smallest absolute Gasteiger partial charge is 0.335 e. The molecule has 0 unspecified atom stereocenters. The lowest BCUT2D eigenvalue weighted by Gasteiger charge is -2.29. The van der Waals surface area contributed by atoms with Crippen molar-refractivity contribution in [1.29, 1.82) is 0 Å². The Morgan fingerprint density at radius 3 is 2.64 bits per heavy atom. The van der Waals surface area contributed by atoms with E-state index in [1.54, 1.807) is 18.2 Å². The molecule has 0 aliphatic heterocycles. The zero-order chi connectivity index (χ0) is 20.5. The molecule has 2 aromatic rings. The van der Waals surface area contributed by atoms with Gasteiger partial charge in [-0.25, -0.2) is 4.79 Å². The fourth-order valence-corrected chi connectivity index (χ4v) is 3.47. The van der Waals surface area contributed by atoms with Gasteiger partial charge < -0.3 is 15.4 Å². The summed E-state index contributed by atoms with van der Waals surface area (Å²) in [4.78, 5) is 50.8. The lowest BCUT2D eigenvalue weighted by Crippen LogP contribution is -2.35. The number of Topliss-reactive ketones (excluding diaryl/α,β-unsaturated/α-hetero) is 1. The molecular formula is C21H22N2O5. The van der Waals surface area contributed by atoms with Crippen LogP contribution < -0.4 is 10.9 Å². The Morgan fingerprint density at radius 2 is 1.93 bits per heavy atom. The summed E-state index contributed by atoms with van der Waals surface area (Å²) in [5, 5.41) is 11.7. The summed E-state index contributed by atoms with van der Waals surface area (Å²) in [6.45, 7) is 4.16. The Kier molecular flexibility index (Phi) is 5.18. The van der Waals surface area contributed by atoms with Gasteiger partial charge in [0.15, 0.2) is 5.78 Å². The van der Waals surface area contributed by atoms with Crippen LogP contribution in [0.25, 0.3) is 0 Å². The number of carboxylic acid groups (broad SMARTS) is 1. The monoisotopic (exact) mass is 382 g/mol. The Balaban J connectivity index is 1.71. The molecule has 1 aliphatic rings. The van der Waals surface area contributed by atoms with Crippen LogP contribution in [0.15, 0.2) is 35.1 Å². The molecule has 1 amide bonds. The van der Waals surface area contributed by atoms with Crippen LogP contribution in [0.4, 0.5) is 0 Å². The van der Waals surface area contributed by atoms with Gasteiger partial charge in [-0.1, -0.05) is 26.0 Å². The number of benzene rings is 1. The molecule has 0 fully saturated rings. The maximum Gasteiger partial charge on any atom is 0.335 e. The Labute approximate surface area is 161 Å². The van der Waals surface area contributed by atoms with Gasteiger partial charge in [0.2, 0.25) is 0 Å². The second-order valence-corrected chi connectivity index (χ2v) is 7.86. The summed E-state index contributed by atoms with van der Waals surface area (Å²) in [5.41, 5.74) is 1.09. The average molecular weight is 382 g/mol. The summed E-state index contributed by atoms with van der Waals surface area (Å²) in [5.74, 6) is -1.66. The van der Waals surface area contributed by atoms with Crippen LogP contribution >= 0.6 is 0 Å². The van der Waals surface area contributed by atoms with Crippen LogP contribution in [-0.4, -0.2) is 34.3 Å². The van der Waals surface area contributed by atoms with E-state index < -0.39 is 17.4 Å². The molecule has 7 nitrogen and oxygen atoms in total. The minimum absolute atomic E-state index is 0.0814. The van der Waals surface area contributed by atoms with Crippen molar-refractivity contribution in [3.05, 3.63) is 68.6 Å². The summed E-state index contributed by atoms with van der Waals surface area (Å²) in [6, 6.07) is 7.83. The largest absolute Gasteiger partial charge is 0.478 e. The molecule has 0 radical (unpaired) electrons. The molecule has 146 valence electrons. The van der Waals surface area contributed by atoms with E-state index in [0.717, 1.165) is 5.56 Å². The SMILES string of the molecule is CC1(C)CC(=O)c2cc(C(=O)NCCc3cccc(C(=O)O)c3)c(=O)[nH]c2C1. The maximum absolute atomic E-state index is 12.4. The summed E-state index contributed by atoms with van der Waals surface area (Å²) >= 11 is 0. The number of carbonyl (C=O) groups excluding carboxylic acids is 2. The van der Waals surface area contributed by atoms with Gasteiger partial charge in [0, 0.05) is 24.2 Å². The number of pyridine rings is 1. The van der Waals surface area contributed by atoms with Gasteiger partial charge in [0.05, 0.1) is 5.56 Å². The lowest BCUT2D eigenvalue weighted by atomic mass is 9.75. The first kappa shape index (κ1) is 19.5. The molecule has 0 spiro atoms. The van der Waals surface area contributed by atoms with Crippen molar-refractivity contribution in [3.63, 3.8) is 0 Å². The number of hydrogen-bond acceptors (Lipinski definition) is 4. The van der Waals surface area contributed by atoms with Crippen molar-refractivity contribution in [2.75, 3.05) is 6.54 Å². The molecule has 0 saturated carbocycles. The molecule has 1 aliphatic carbocycles. The fourth-order valence-electron chi connectivity index (χ4n) is 3.47. The molecule has 0 saturated heterocycles. The molecule has 1 aromatic carbocycles. The van der Waals surface area contributed by atoms with Gasteiger partial charge in [0.1, 0.15) is 5.56 Å². The lowest BCUT2D eigenvalue weighted by molar-refractivity contribution is 0.0696. The van der Waals surface area contributed by atoms with Gasteiger partial charge in [-0.15, -0.1) is 0 Å². The van der Waals surface area contributed by atoms with Crippen molar-refractivity contribution in [3.8, 4) is 0 Å². The zero-order valence-electron chi connectivity index (χ0n) is 15.8. The number of aromatic amines is 1. The number of amides is 1. The van der Waals surface area contributed by atoms with Crippen LogP contribution in [0.3, 0.4) is 0 Å². The van der Waals surface area contributed by atoms with E-state index in [-0.39, 0.29) is 28.9 Å². The maximum atomic E-state index is 12.4. The van der Waals surface area contributed by atoms with Gasteiger partial charge in [-0.2, -0.15) is 0 Å². The number of carbonyl (C=O) groups is 3. The Morgan fingerprint density at radius 1 is 1.18 bits per heavy atom. The van der Waals surface area contributed by atoms with Crippen molar-refractivity contribution in [2.24, 2.45) is 5.41 Å². The summed E-state index contributed by atoms with van der Waals surface area (Å²) in [6.07, 6.45) is 1.36. The van der Waals surface area contributed by atoms with Crippen molar-refractivity contribution in [2.45, 2.75) is 33.1 Å². The van der Waals surface area contributed by atoms with Crippen LogP contribution in [0.5, 0.6) is 0 Å². The van der Waals surface area contributed by atoms with Crippen molar-refractivity contribution < 1.29 is 19.5 Å². The number of ketones is 1. The number of aromatic nitrogens is 1. The van der Waals surface area contributed by atoms with Crippen molar-refractivity contribution >= 4 is 17.7 Å². The summed E-state index contributed by atoms with van der Waals surface area (Å²) in [7, 11) is 0. The van der Waals surface area contributed by atoms with Crippen molar-refractivity contribution in [1.82, 2.24) is 10.3 Å². The first-order valence-corrected chi connectivity index (χ1v) is 9.06. The van der Waals surface area contributed by atoms with Gasteiger partial charge >= 0.3 is 5.97 Å². The third kappa shape index (κ3) is 4.19. The number of H-pyrrole nitrogens is 1. The van der Waals surface area contributed by atoms with Crippen LogP contribution in [-0.2, 0) is 12.8 Å². The van der Waals surface area contributed by atoms with E-state index in [9.17, 15) is 19.2 Å². The highest BCUT2D eigenvalue weighted by Crippen LogP contribution is 2.33. The van der Waals surface area contributed by atoms with Crippen LogP contribution in [0.1, 0.15) is 62.6 Å². The highest BCUT2D eigenvalue weighted by Gasteiger charge is 2.32. The first-order chi connectivity index (χ1) is 13.2. The highest BCUT2D eigenvalue weighted by atomic mass is 16.4. The molecule has 0 atom stereocenters. The van der Waals surface area contributed by atoms with E-state index in [4.69, 9.17) is 5.11 Å². The Hall–Kier alpha value is -3.22. The fraction of sp³-hybridized carbons (Fsp3) is 0.333. The second-order valence-electron chi connectivity index (χ2n) is 7.86. The third-order valence-electron chi connectivity index (χ3n) is 4.84. The molecule has 7 heteroatoms. The number of aromatic carboxylic acids is 1. The first-order valence-electron chi connectivity index (χ1n) is 9.06. The van der Waals surface area contributed by atoms with E-state index in [1.807, 2.05) is 13.8 Å². The molecule has 3 N–H and O–H groups in total. The van der Waals surface area contributed by atoms with Gasteiger partial charge in [-0.3, -0.25) is 14.4 Å². The number of hydrogen-bond donors (Lipinski definition) is 3. The zero-order valence-corrected chi connectivity index (χ0v) is 15.8. The normalized spacial score (nSPS) is 15.0. The predicted octanol–water partition coefficient (Wildman–Crippen LogP) is 2.20. The second kappa shape index (κ2) is 7.42. The minimum Gasteiger partial charge on any atom is -0.478 e. The summed E-state index contributed by atoms with van der Waals surface area (Å²) < 4.78 is 0. The quantitative estimate of drug-likeness (QED) is 0.733. The number of nitrogens with one attached hydrogen (secondary N) is 2. The van der Waals surface area contributed by atoms with Crippen LogP contribution in [0, 0.1) is 5.41 Å². The average Bonchev–Trinajstić information content (AvgIpc) is 2.60. The van der Waals surface area contributed by atoms with E-state index in [0.29, 0.717) is 30.5 Å². The Bertz CT molecular complexity index is 1020. The molecular weight excluding hydrogens is 360 g/mol. The molecule has 3 rings (SSSR count).